The molecule has 1 atom stereocenters. The van der Waals surface area contributed by atoms with Gasteiger partial charge < -0.3 is 15.5 Å². The van der Waals surface area contributed by atoms with E-state index >= 15 is 0 Å². The zero-order valence-electron chi connectivity index (χ0n) is 14.9. The smallest absolute Gasteiger partial charge is 0.319 e. The maximum Gasteiger partial charge on any atom is 0.319 e. The van der Waals surface area contributed by atoms with Gasteiger partial charge in [-0.2, -0.15) is 0 Å². The molecular weight excluding hydrogens is 337 g/mol. The molecule has 134 valence electrons. The van der Waals surface area contributed by atoms with Gasteiger partial charge in [-0.05, 0) is 63.4 Å². The van der Waals surface area contributed by atoms with E-state index in [0.29, 0.717) is 11.4 Å². The number of thiophene rings is 1. The number of nitrogens with zero attached hydrogens (tertiary/aromatic N) is 1. The Kier molecular flexibility index (Phi) is 5.27. The lowest BCUT2D eigenvalue weighted by atomic mass is 10.1. The fourth-order valence-corrected chi connectivity index (χ4v) is 4.34. The fourth-order valence-electron chi connectivity index (χ4n) is 3.32. The van der Waals surface area contributed by atoms with Crippen molar-refractivity contribution in [1.29, 1.82) is 0 Å². The van der Waals surface area contributed by atoms with E-state index in [1.54, 1.807) is 23.5 Å². The number of aryl methyl sites for hydroxylation is 2. The summed E-state index contributed by atoms with van der Waals surface area (Å²) in [6, 6.07) is 6.54. The summed E-state index contributed by atoms with van der Waals surface area (Å²) in [7, 11) is 0. The molecule has 1 aromatic heterocycles. The molecule has 0 aliphatic carbocycles. The van der Waals surface area contributed by atoms with Gasteiger partial charge in [0, 0.05) is 28.5 Å². The van der Waals surface area contributed by atoms with Gasteiger partial charge in [-0.3, -0.25) is 0 Å². The molecule has 0 spiro atoms. The number of rotatable bonds is 4. The predicted octanol–water partition coefficient (Wildman–Crippen LogP) is 4.99. The number of halogens is 1. The van der Waals surface area contributed by atoms with E-state index < -0.39 is 0 Å². The zero-order valence-corrected chi connectivity index (χ0v) is 15.7. The molecule has 2 aromatic rings. The van der Waals surface area contributed by atoms with Crippen LogP contribution in [0, 0.1) is 19.7 Å². The second-order valence-electron chi connectivity index (χ2n) is 6.55. The quantitative estimate of drug-likeness (QED) is 0.806. The maximum absolute atomic E-state index is 14.3. The maximum atomic E-state index is 14.3. The van der Waals surface area contributed by atoms with E-state index in [1.165, 1.54) is 15.8 Å². The second kappa shape index (κ2) is 7.44. The highest BCUT2D eigenvalue weighted by molar-refractivity contribution is 7.12. The lowest BCUT2D eigenvalue weighted by Gasteiger charge is -2.19. The van der Waals surface area contributed by atoms with Crippen molar-refractivity contribution in [2.75, 3.05) is 23.3 Å². The summed E-state index contributed by atoms with van der Waals surface area (Å²) in [6.45, 7) is 7.83. The van der Waals surface area contributed by atoms with Gasteiger partial charge in [0.05, 0.1) is 11.7 Å². The van der Waals surface area contributed by atoms with Crippen molar-refractivity contribution < 1.29 is 9.18 Å². The van der Waals surface area contributed by atoms with E-state index in [2.05, 4.69) is 30.5 Å². The van der Waals surface area contributed by atoms with Crippen molar-refractivity contribution >= 4 is 28.7 Å². The van der Waals surface area contributed by atoms with Crippen LogP contribution in [0.25, 0.3) is 0 Å². The number of hydrogen-bond acceptors (Lipinski definition) is 3. The Bertz CT molecular complexity index is 768. The van der Waals surface area contributed by atoms with Gasteiger partial charge in [-0.25, -0.2) is 9.18 Å². The van der Waals surface area contributed by atoms with Gasteiger partial charge in [0.25, 0.3) is 0 Å². The van der Waals surface area contributed by atoms with Crippen LogP contribution >= 0.6 is 11.3 Å². The van der Waals surface area contributed by atoms with Crippen LogP contribution in [0.2, 0.25) is 0 Å². The van der Waals surface area contributed by atoms with Gasteiger partial charge in [0.1, 0.15) is 5.82 Å². The summed E-state index contributed by atoms with van der Waals surface area (Å²) in [4.78, 5) is 16.7. The molecule has 6 heteroatoms. The van der Waals surface area contributed by atoms with Crippen LogP contribution in [0.1, 0.15) is 41.1 Å². The summed E-state index contributed by atoms with van der Waals surface area (Å²) >= 11 is 1.72. The summed E-state index contributed by atoms with van der Waals surface area (Å²) in [5.74, 6) is -0.294. The molecule has 25 heavy (non-hydrogen) atoms. The van der Waals surface area contributed by atoms with Crippen LogP contribution in [0.3, 0.4) is 0 Å². The minimum atomic E-state index is -0.330. The van der Waals surface area contributed by atoms with Crippen molar-refractivity contribution in [3.8, 4) is 0 Å². The lowest BCUT2D eigenvalue weighted by molar-refractivity contribution is 0.249. The van der Waals surface area contributed by atoms with Gasteiger partial charge in [-0.1, -0.05) is 0 Å². The molecule has 3 rings (SSSR count). The first-order valence-corrected chi connectivity index (χ1v) is 9.44. The Morgan fingerprint density at radius 2 is 1.96 bits per heavy atom. The third kappa shape index (κ3) is 4.12. The SMILES string of the molecule is Cc1cc(C(C)NC(=O)Nc2ccc(N3CCCC3)c(F)c2)c(C)s1. The number of amides is 2. The largest absolute Gasteiger partial charge is 0.369 e. The molecule has 2 amide bonds. The highest BCUT2D eigenvalue weighted by Gasteiger charge is 2.17. The molecule has 1 aliphatic heterocycles. The van der Waals surface area contributed by atoms with E-state index in [1.807, 2.05) is 11.8 Å². The summed E-state index contributed by atoms with van der Waals surface area (Å²) in [5.41, 5.74) is 2.19. The molecular formula is C19H24FN3OS. The Morgan fingerprint density at radius 3 is 2.56 bits per heavy atom. The van der Waals surface area contributed by atoms with E-state index in [0.717, 1.165) is 31.5 Å². The molecule has 1 saturated heterocycles. The first kappa shape index (κ1) is 17.7. The molecule has 2 N–H and O–H groups in total. The first-order valence-electron chi connectivity index (χ1n) is 8.63. The summed E-state index contributed by atoms with van der Waals surface area (Å²) in [6.07, 6.45) is 2.20. The first-order chi connectivity index (χ1) is 11.9. The average Bonchev–Trinajstić information content (AvgIpc) is 3.16. The summed E-state index contributed by atoms with van der Waals surface area (Å²) in [5, 5.41) is 5.63. The normalized spacial score (nSPS) is 15.3. The molecule has 4 nitrogen and oxygen atoms in total. The molecule has 0 radical (unpaired) electrons. The monoisotopic (exact) mass is 361 g/mol. The van der Waals surface area contributed by atoms with Crippen molar-refractivity contribution in [3.05, 3.63) is 45.4 Å². The molecule has 1 aromatic carbocycles. The fraction of sp³-hybridized carbons (Fsp3) is 0.421. The van der Waals surface area contributed by atoms with Crippen LogP contribution in [-0.4, -0.2) is 19.1 Å². The number of carbonyl (C=O) groups is 1. The number of nitrogens with one attached hydrogen (secondary N) is 2. The molecule has 1 aliphatic rings. The second-order valence-corrected chi connectivity index (χ2v) is 8.01. The standard InChI is InChI=1S/C19H24FN3OS/c1-12-10-16(14(3)25-12)13(2)21-19(24)22-15-6-7-18(17(20)11-15)23-8-4-5-9-23/h6-7,10-11,13H,4-5,8-9H2,1-3H3,(H2,21,22,24). The van der Waals surface area contributed by atoms with Gasteiger partial charge in [-0.15, -0.1) is 11.3 Å². The summed E-state index contributed by atoms with van der Waals surface area (Å²) < 4.78 is 14.3. The molecule has 1 fully saturated rings. The Hall–Kier alpha value is -2.08. The van der Waals surface area contributed by atoms with Gasteiger partial charge in [0.2, 0.25) is 0 Å². The number of hydrogen-bond donors (Lipinski definition) is 2. The predicted molar refractivity (Wildman–Crippen MR) is 102 cm³/mol. The highest BCUT2D eigenvalue weighted by Crippen LogP contribution is 2.27. The number of anilines is 2. The number of carbonyl (C=O) groups excluding carboxylic acids is 1. The van der Waals surface area contributed by atoms with Crippen molar-refractivity contribution in [1.82, 2.24) is 5.32 Å². The zero-order chi connectivity index (χ0) is 18.0. The molecule has 0 saturated carbocycles. The lowest BCUT2D eigenvalue weighted by Crippen LogP contribution is -2.31. The Morgan fingerprint density at radius 1 is 1.24 bits per heavy atom. The van der Waals surface area contributed by atoms with Crippen LogP contribution < -0.4 is 15.5 Å². The molecule has 1 unspecified atom stereocenters. The number of urea groups is 1. The molecule has 2 heterocycles. The van der Waals surface area contributed by atoms with Crippen LogP contribution in [0.5, 0.6) is 0 Å². The minimum absolute atomic E-state index is 0.0985. The van der Waals surface area contributed by atoms with Crippen molar-refractivity contribution in [3.63, 3.8) is 0 Å². The Labute approximate surface area is 152 Å². The van der Waals surface area contributed by atoms with Crippen LogP contribution in [0.4, 0.5) is 20.6 Å². The van der Waals surface area contributed by atoms with Crippen molar-refractivity contribution in [2.24, 2.45) is 0 Å². The van der Waals surface area contributed by atoms with E-state index in [-0.39, 0.29) is 17.9 Å². The van der Waals surface area contributed by atoms with Crippen LogP contribution in [-0.2, 0) is 0 Å². The minimum Gasteiger partial charge on any atom is -0.369 e. The van der Waals surface area contributed by atoms with E-state index in [9.17, 15) is 9.18 Å². The third-order valence-electron chi connectivity index (χ3n) is 4.55. The van der Waals surface area contributed by atoms with Crippen LogP contribution in [0.15, 0.2) is 24.3 Å². The van der Waals surface area contributed by atoms with E-state index in [4.69, 9.17) is 0 Å². The topological polar surface area (TPSA) is 44.4 Å². The highest BCUT2D eigenvalue weighted by atomic mass is 32.1. The third-order valence-corrected chi connectivity index (χ3v) is 5.53. The number of benzene rings is 1. The Balaban J connectivity index is 1.62. The molecule has 0 bridgehead atoms. The van der Waals surface area contributed by atoms with Gasteiger partial charge in [0.15, 0.2) is 0 Å². The van der Waals surface area contributed by atoms with Crippen molar-refractivity contribution in [2.45, 2.75) is 39.7 Å². The average molecular weight is 361 g/mol. The van der Waals surface area contributed by atoms with Gasteiger partial charge >= 0.3 is 6.03 Å².